The van der Waals surface area contributed by atoms with Gasteiger partial charge in [-0.15, -0.1) is 0 Å². The Balaban J connectivity index is 1.25. The summed E-state index contributed by atoms with van der Waals surface area (Å²) in [7, 11) is 0. The molecule has 1 aliphatic carbocycles. The van der Waals surface area contributed by atoms with Crippen LogP contribution >= 0.6 is 0 Å². The third kappa shape index (κ3) is 5.41. The number of benzene rings is 2. The quantitative estimate of drug-likeness (QED) is 0.498. The second-order valence-corrected chi connectivity index (χ2v) is 9.50. The van der Waals surface area contributed by atoms with Crippen LogP contribution in [0.25, 0.3) is 0 Å². The molecule has 4 N–H and O–H groups in total. The number of halogens is 1. The van der Waals surface area contributed by atoms with Crippen LogP contribution in [0.4, 0.5) is 20.6 Å². The monoisotopic (exact) mass is 483 g/mol. The molecule has 186 valence electrons. The lowest BCUT2D eigenvalue weighted by molar-refractivity contribution is -0.142. The number of rotatable bonds is 6. The van der Waals surface area contributed by atoms with Gasteiger partial charge in [-0.3, -0.25) is 4.79 Å². The molecule has 9 heteroatoms. The Morgan fingerprint density at radius 1 is 1.03 bits per heavy atom. The van der Waals surface area contributed by atoms with Crippen LogP contribution in [-0.4, -0.2) is 48.0 Å². The van der Waals surface area contributed by atoms with E-state index in [-0.39, 0.29) is 48.9 Å². The van der Waals surface area contributed by atoms with E-state index < -0.39 is 12.1 Å². The third-order valence-corrected chi connectivity index (χ3v) is 6.99. The molecule has 8 nitrogen and oxygen atoms in total. The zero-order valence-corrected chi connectivity index (χ0v) is 19.3. The van der Waals surface area contributed by atoms with Gasteiger partial charge in [0, 0.05) is 28.9 Å². The molecule has 0 spiro atoms. The molecule has 2 aromatic rings. The van der Waals surface area contributed by atoms with Crippen LogP contribution < -0.4 is 20.7 Å². The summed E-state index contributed by atoms with van der Waals surface area (Å²) >= 11 is 0. The molecular formula is C26H30FN3O5. The number of carbonyl (C=O) groups is 2. The maximum atomic E-state index is 13.1. The van der Waals surface area contributed by atoms with Gasteiger partial charge in [0.05, 0.1) is 19.1 Å². The number of anilines is 2. The van der Waals surface area contributed by atoms with Gasteiger partial charge in [-0.25, -0.2) is 9.18 Å². The number of nitrogens with one attached hydrogen (secondary N) is 3. The van der Waals surface area contributed by atoms with E-state index in [2.05, 4.69) is 16.0 Å². The second-order valence-electron chi connectivity index (χ2n) is 9.50. The predicted octanol–water partition coefficient (Wildman–Crippen LogP) is 3.91. The summed E-state index contributed by atoms with van der Waals surface area (Å²) in [5.41, 5.74) is 1.97. The van der Waals surface area contributed by atoms with E-state index in [1.807, 2.05) is 6.07 Å². The second kappa shape index (κ2) is 10.2. The number of ether oxygens (including phenoxy) is 2. The predicted molar refractivity (Wildman–Crippen MR) is 128 cm³/mol. The fourth-order valence-electron chi connectivity index (χ4n) is 5.36. The largest absolute Gasteiger partial charge is 0.487 e. The molecule has 2 aliphatic heterocycles. The number of amides is 3. The van der Waals surface area contributed by atoms with Crippen LogP contribution in [0.1, 0.15) is 50.0 Å². The van der Waals surface area contributed by atoms with Crippen molar-refractivity contribution in [2.45, 2.75) is 68.8 Å². The molecular weight excluding hydrogens is 453 g/mol. The van der Waals surface area contributed by atoms with Crippen molar-refractivity contribution in [1.29, 1.82) is 0 Å². The zero-order valence-electron chi connectivity index (χ0n) is 19.3. The number of hydrogen-bond donors (Lipinski definition) is 4. The average molecular weight is 484 g/mol. The van der Waals surface area contributed by atoms with Crippen molar-refractivity contribution < 1.29 is 28.6 Å². The minimum Gasteiger partial charge on any atom is -0.487 e. The van der Waals surface area contributed by atoms with E-state index in [9.17, 15) is 19.1 Å². The first-order valence-corrected chi connectivity index (χ1v) is 12.2. The van der Waals surface area contributed by atoms with Crippen molar-refractivity contribution in [1.82, 2.24) is 5.32 Å². The molecule has 4 atom stereocenters. The van der Waals surface area contributed by atoms with Gasteiger partial charge in [-0.2, -0.15) is 0 Å². The molecule has 3 amide bonds. The molecule has 0 radical (unpaired) electrons. The smallest absolute Gasteiger partial charge is 0.323 e. The molecule has 0 unspecified atom stereocenters. The van der Waals surface area contributed by atoms with Crippen molar-refractivity contribution in [3.63, 3.8) is 0 Å². The van der Waals surface area contributed by atoms with Crippen LogP contribution in [0.3, 0.4) is 0 Å². The molecule has 2 heterocycles. The van der Waals surface area contributed by atoms with Gasteiger partial charge in [0.25, 0.3) is 0 Å². The van der Waals surface area contributed by atoms with Crippen molar-refractivity contribution in [2.75, 3.05) is 17.2 Å². The van der Waals surface area contributed by atoms with Gasteiger partial charge in [0.15, 0.2) is 0 Å². The summed E-state index contributed by atoms with van der Waals surface area (Å²) in [4.78, 5) is 25.0. The molecule has 1 saturated heterocycles. The maximum absolute atomic E-state index is 13.1. The summed E-state index contributed by atoms with van der Waals surface area (Å²) in [5, 5.41) is 18.5. The van der Waals surface area contributed by atoms with Crippen LogP contribution in [-0.2, 0) is 9.53 Å². The molecule has 3 aliphatic rings. The van der Waals surface area contributed by atoms with Gasteiger partial charge in [0.2, 0.25) is 5.91 Å². The summed E-state index contributed by atoms with van der Waals surface area (Å²) in [6, 6.07) is 10.7. The van der Waals surface area contributed by atoms with Crippen LogP contribution in [0.5, 0.6) is 5.75 Å². The summed E-state index contributed by atoms with van der Waals surface area (Å²) < 4.78 is 25.2. The third-order valence-electron chi connectivity index (χ3n) is 6.99. The summed E-state index contributed by atoms with van der Waals surface area (Å²) in [5.74, 6) is 0.213. The van der Waals surface area contributed by atoms with E-state index in [1.54, 1.807) is 12.1 Å². The van der Waals surface area contributed by atoms with Crippen LogP contribution in [0.2, 0.25) is 0 Å². The molecule has 0 aromatic heterocycles. The van der Waals surface area contributed by atoms with E-state index in [0.717, 1.165) is 31.2 Å². The Kier molecular flexibility index (Phi) is 6.88. The lowest BCUT2D eigenvalue weighted by Crippen LogP contribution is -2.47. The molecule has 2 fully saturated rings. The Labute approximate surface area is 203 Å². The maximum Gasteiger partial charge on any atom is 0.323 e. The first kappa shape index (κ1) is 23.6. The number of carbonyl (C=O) groups excluding carboxylic acids is 2. The Morgan fingerprint density at radius 3 is 2.49 bits per heavy atom. The summed E-state index contributed by atoms with van der Waals surface area (Å²) in [6.07, 6.45) is 3.93. The molecule has 35 heavy (non-hydrogen) atoms. The molecule has 0 bridgehead atoms. The minimum absolute atomic E-state index is 0.0240. The minimum atomic E-state index is -0.538. The SMILES string of the molecule is O=C(C[C@H]1C[C@H]2c3cc(NC(=O)Nc4ccc(F)cc4)ccc3O[C@H]2[C@H](CO)O1)NC1CCCC1. The number of urea groups is 1. The van der Waals surface area contributed by atoms with Crippen LogP contribution in [0, 0.1) is 5.82 Å². The summed E-state index contributed by atoms with van der Waals surface area (Å²) in [6.45, 7) is -0.207. The van der Waals surface area contributed by atoms with Gasteiger partial charge in [-0.1, -0.05) is 12.8 Å². The van der Waals surface area contributed by atoms with Crippen LogP contribution in [0.15, 0.2) is 42.5 Å². The van der Waals surface area contributed by atoms with E-state index in [0.29, 0.717) is 23.5 Å². The standard InChI is InChI=1S/C26H30FN3O5/c27-15-5-7-17(8-6-15)29-26(33)30-18-9-10-22-20(11-18)21-12-19(34-23(14-31)25(21)35-22)13-24(32)28-16-3-1-2-4-16/h5-11,16,19,21,23,25,31H,1-4,12-14H2,(H,28,32)(H2,29,30,33)/t19-,21+,23+,25-/m1/s1. The lowest BCUT2D eigenvalue weighted by Gasteiger charge is -2.37. The topological polar surface area (TPSA) is 109 Å². The number of fused-ring (bicyclic) bond motifs is 3. The highest BCUT2D eigenvalue weighted by Crippen LogP contribution is 2.47. The number of aliphatic hydroxyl groups excluding tert-OH is 1. The number of aliphatic hydroxyl groups is 1. The first-order chi connectivity index (χ1) is 17.0. The molecule has 1 saturated carbocycles. The van der Waals surface area contributed by atoms with Gasteiger partial charge >= 0.3 is 6.03 Å². The Morgan fingerprint density at radius 2 is 1.74 bits per heavy atom. The van der Waals surface area contributed by atoms with Gasteiger partial charge in [0.1, 0.15) is 23.8 Å². The average Bonchev–Trinajstić information content (AvgIpc) is 3.47. The molecule has 2 aromatic carbocycles. The first-order valence-electron chi connectivity index (χ1n) is 12.2. The van der Waals surface area contributed by atoms with E-state index >= 15 is 0 Å². The molecule has 5 rings (SSSR count). The Bertz CT molecular complexity index is 1070. The number of hydrogen-bond acceptors (Lipinski definition) is 5. The van der Waals surface area contributed by atoms with Crippen molar-refractivity contribution in [2.24, 2.45) is 0 Å². The zero-order chi connectivity index (χ0) is 24.4. The fraction of sp³-hybridized carbons (Fsp3) is 0.462. The van der Waals surface area contributed by atoms with Crippen molar-refractivity contribution >= 4 is 23.3 Å². The fourth-order valence-corrected chi connectivity index (χ4v) is 5.36. The van der Waals surface area contributed by atoms with E-state index in [1.165, 1.54) is 24.3 Å². The van der Waals surface area contributed by atoms with Gasteiger partial charge in [-0.05, 0) is 61.7 Å². The van der Waals surface area contributed by atoms with E-state index in [4.69, 9.17) is 9.47 Å². The Hall–Kier alpha value is -3.17. The van der Waals surface area contributed by atoms with Crippen molar-refractivity contribution in [3.05, 3.63) is 53.8 Å². The van der Waals surface area contributed by atoms with Gasteiger partial charge < -0.3 is 30.5 Å². The highest BCUT2D eigenvalue weighted by Gasteiger charge is 2.46. The normalized spacial score (nSPS) is 25.3. The highest BCUT2D eigenvalue weighted by molar-refractivity contribution is 5.99. The van der Waals surface area contributed by atoms with Crippen molar-refractivity contribution in [3.8, 4) is 5.75 Å². The lowest BCUT2D eigenvalue weighted by atomic mass is 9.84. The highest BCUT2D eigenvalue weighted by atomic mass is 19.1.